The van der Waals surface area contributed by atoms with Crippen LogP contribution in [0.3, 0.4) is 0 Å². The predicted octanol–water partition coefficient (Wildman–Crippen LogP) is 1.54. The van der Waals surface area contributed by atoms with Crippen LogP contribution >= 0.6 is 0 Å². The molecule has 0 aliphatic rings. The van der Waals surface area contributed by atoms with Crippen LogP contribution in [0.5, 0.6) is 0 Å². The van der Waals surface area contributed by atoms with Crippen molar-refractivity contribution in [3.63, 3.8) is 0 Å². The summed E-state index contributed by atoms with van der Waals surface area (Å²) in [5.41, 5.74) is 4.98. The molecule has 0 radical (unpaired) electrons. The number of hydrogen-bond acceptors (Lipinski definition) is 3. The van der Waals surface area contributed by atoms with Crippen LogP contribution < -0.4 is 11.1 Å². The van der Waals surface area contributed by atoms with Gasteiger partial charge in [0, 0.05) is 12.6 Å². The molecular formula is C13H28N2O2. The van der Waals surface area contributed by atoms with Gasteiger partial charge in [0.1, 0.15) is 6.61 Å². The molecule has 0 spiro atoms. The van der Waals surface area contributed by atoms with Crippen molar-refractivity contribution in [2.75, 3.05) is 19.8 Å². The molecular weight excluding hydrogens is 216 g/mol. The quantitative estimate of drug-likeness (QED) is 0.573. The minimum atomic E-state index is -0.411. The Morgan fingerprint density at radius 3 is 2.12 bits per heavy atom. The second kappa shape index (κ2) is 9.42. The van der Waals surface area contributed by atoms with Crippen LogP contribution in [0.2, 0.25) is 0 Å². The number of nitrogens with one attached hydrogen (secondary N) is 1. The molecule has 0 fully saturated rings. The Hall–Kier alpha value is -0.610. The minimum Gasteiger partial charge on any atom is -0.370 e. The molecule has 0 heterocycles. The fourth-order valence-corrected chi connectivity index (χ4v) is 1.91. The Kier molecular flexibility index (Phi) is 9.09. The third-order valence-electron chi connectivity index (χ3n) is 2.44. The highest BCUT2D eigenvalue weighted by Gasteiger charge is 2.11. The van der Waals surface area contributed by atoms with E-state index in [-0.39, 0.29) is 6.61 Å². The largest absolute Gasteiger partial charge is 0.370 e. The fraction of sp³-hybridized carbons (Fsp3) is 0.923. The molecule has 4 heteroatoms. The van der Waals surface area contributed by atoms with E-state index in [9.17, 15) is 4.79 Å². The van der Waals surface area contributed by atoms with Crippen molar-refractivity contribution < 1.29 is 9.53 Å². The number of primary amides is 1. The highest BCUT2D eigenvalue weighted by atomic mass is 16.5. The van der Waals surface area contributed by atoms with Crippen LogP contribution in [0.25, 0.3) is 0 Å². The van der Waals surface area contributed by atoms with Gasteiger partial charge >= 0.3 is 0 Å². The maximum Gasteiger partial charge on any atom is 0.243 e. The van der Waals surface area contributed by atoms with Crippen molar-refractivity contribution in [3.8, 4) is 0 Å². The number of rotatable bonds is 10. The summed E-state index contributed by atoms with van der Waals surface area (Å²) < 4.78 is 5.12. The molecule has 0 aliphatic carbocycles. The summed E-state index contributed by atoms with van der Waals surface area (Å²) in [7, 11) is 0. The monoisotopic (exact) mass is 244 g/mol. The molecule has 102 valence electrons. The first-order valence-electron chi connectivity index (χ1n) is 6.51. The smallest absolute Gasteiger partial charge is 0.243 e. The zero-order chi connectivity index (χ0) is 13.3. The summed E-state index contributed by atoms with van der Waals surface area (Å²) in [4.78, 5) is 10.5. The molecule has 0 aromatic carbocycles. The van der Waals surface area contributed by atoms with Crippen molar-refractivity contribution in [2.45, 2.75) is 46.6 Å². The van der Waals surface area contributed by atoms with E-state index in [0.29, 0.717) is 24.5 Å². The van der Waals surface area contributed by atoms with Crippen molar-refractivity contribution in [1.29, 1.82) is 0 Å². The van der Waals surface area contributed by atoms with E-state index in [1.54, 1.807) is 0 Å². The molecule has 4 nitrogen and oxygen atoms in total. The maximum atomic E-state index is 10.5. The number of amides is 1. The summed E-state index contributed by atoms with van der Waals surface area (Å²) in [6.45, 7) is 10.3. The molecule has 0 atom stereocenters. The van der Waals surface area contributed by atoms with Gasteiger partial charge in [-0.05, 0) is 24.7 Å². The highest BCUT2D eigenvalue weighted by Crippen LogP contribution is 2.12. The first-order valence-corrected chi connectivity index (χ1v) is 6.51. The molecule has 0 aliphatic heterocycles. The highest BCUT2D eigenvalue weighted by molar-refractivity contribution is 5.74. The lowest BCUT2D eigenvalue weighted by molar-refractivity contribution is -0.122. The number of carbonyl (C=O) groups excluding carboxylic acids is 1. The van der Waals surface area contributed by atoms with Crippen LogP contribution in [-0.2, 0) is 9.53 Å². The van der Waals surface area contributed by atoms with E-state index in [2.05, 4.69) is 33.0 Å². The molecule has 0 aromatic heterocycles. The summed E-state index contributed by atoms with van der Waals surface area (Å²) in [5.74, 6) is 0.974. The van der Waals surface area contributed by atoms with Crippen LogP contribution in [0.1, 0.15) is 40.5 Å². The molecule has 0 bridgehead atoms. The molecule has 0 rings (SSSR count). The van der Waals surface area contributed by atoms with Gasteiger partial charge in [0.25, 0.3) is 0 Å². The summed E-state index contributed by atoms with van der Waals surface area (Å²) in [6.07, 6.45) is 2.35. The minimum absolute atomic E-state index is 0.0146. The molecule has 17 heavy (non-hydrogen) atoms. The Morgan fingerprint density at radius 1 is 1.18 bits per heavy atom. The van der Waals surface area contributed by atoms with Crippen LogP contribution in [0.15, 0.2) is 0 Å². The third kappa shape index (κ3) is 11.6. The lowest BCUT2D eigenvalue weighted by Crippen LogP contribution is -2.34. The first kappa shape index (κ1) is 16.4. The van der Waals surface area contributed by atoms with E-state index in [1.807, 2.05) is 0 Å². The van der Waals surface area contributed by atoms with Crippen molar-refractivity contribution in [1.82, 2.24) is 5.32 Å². The SMILES string of the molecule is CC(C)CC(CC(C)C)NCCOCC(N)=O. The number of nitrogens with two attached hydrogens (primary N) is 1. The van der Waals surface area contributed by atoms with Gasteiger partial charge in [-0.1, -0.05) is 27.7 Å². The standard InChI is InChI=1S/C13H28N2O2/c1-10(2)7-12(8-11(3)4)15-5-6-17-9-13(14)16/h10-12,15H,5-9H2,1-4H3,(H2,14,16). The third-order valence-corrected chi connectivity index (χ3v) is 2.44. The number of ether oxygens (including phenoxy) is 1. The molecule has 0 aromatic rings. The lowest BCUT2D eigenvalue weighted by atomic mass is 9.96. The molecule has 0 unspecified atom stereocenters. The van der Waals surface area contributed by atoms with Crippen LogP contribution in [0.4, 0.5) is 0 Å². The maximum absolute atomic E-state index is 10.5. The topological polar surface area (TPSA) is 64.3 Å². The van der Waals surface area contributed by atoms with Crippen molar-refractivity contribution in [2.24, 2.45) is 17.6 Å². The average molecular weight is 244 g/mol. The van der Waals surface area contributed by atoms with Crippen LogP contribution in [-0.4, -0.2) is 31.7 Å². The van der Waals surface area contributed by atoms with E-state index >= 15 is 0 Å². The van der Waals surface area contributed by atoms with Gasteiger partial charge in [-0.3, -0.25) is 4.79 Å². The summed E-state index contributed by atoms with van der Waals surface area (Å²) in [6, 6.07) is 0.534. The van der Waals surface area contributed by atoms with E-state index in [4.69, 9.17) is 10.5 Å². The zero-order valence-electron chi connectivity index (χ0n) is 11.7. The van der Waals surface area contributed by atoms with Crippen molar-refractivity contribution >= 4 is 5.91 Å². The van der Waals surface area contributed by atoms with Gasteiger partial charge in [-0.2, -0.15) is 0 Å². The Labute approximate surface area is 105 Å². The Balaban J connectivity index is 3.71. The lowest BCUT2D eigenvalue weighted by Gasteiger charge is -2.22. The summed E-state index contributed by atoms with van der Waals surface area (Å²) in [5, 5.41) is 3.48. The van der Waals surface area contributed by atoms with Gasteiger partial charge in [-0.15, -0.1) is 0 Å². The summed E-state index contributed by atoms with van der Waals surface area (Å²) >= 11 is 0. The van der Waals surface area contributed by atoms with E-state index < -0.39 is 5.91 Å². The molecule has 1 amide bonds. The second-order valence-corrected chi connectivity index (χ2v) is 5.43. The Morgan fingerprint density at radius 2 is 1.71 bits per heavy atom. The van der Waals surface area contributed by atoms with Gasteiger partial charge in [0.15, 0.2) is 0 Å². The predicted molar refractivity (Wildman–Crippen MR) is 70.7 cm³/mol. The normalized spacial score (nSPS) is 11.7. The van der Waals surface area contributed by atoms with E-state index in [0.717, 1.165) is 6.54 Å². The van der Waals surface area contributed by atoms with E-state index in [1.165, 1.54) is 12.8 Å². The molecule has 0 saturated heterocycles. The first-order chi connectivity index (χ1) is 7.91. The Bertz CT molecular complexity index is 196. The van der Waals surface area contributed by atoms with Crippen molar-refractivity contribution in [3.05, 3.63) is 0 Å². The number of hydrogen-bond donors (Lipinski definition) is 2. The molecule has 3 N–H and O–H groups in total. The van der Waals surface area contributed by atoms with Crippen LogP contribution in [0, 0.1) is 11.8 Å². The molecule has 0 saturated carbocycles. The average Bonchev–Trinajstić information content (AvgIpc) is 2.14. The van der Waals surface area contributed by atoms with Gasteiger partial charge in [0.05, 0.1) is 6.61 Å². The fourth-order valence-electron chi connectivity index (χ4n) is 1.91. The van der Waals surface area contributed by atoms with Gasteiger partial charge < -0.3 is 15.8 Å². The van der Waals surface area contributed by atoms with Gasteiger partial charge in [-0.25, -0.2) is 0 Å². The number of carbonyl (C=O) groups is 1. The second-order valence-electron chi connectivity index (χ2n) is 5.43. The zero-order valence-corrected chi connectivity index (χ0v) is 11.7. The van der Waals surface area contributed by atoms with Gasteiger partial charge in [0.2, 0.25) is 5.91 Å².